The third-order valence-electron chi connectivity index (χ3n) is 3.79. The lowest BCUT2D eigenvalue weighted by atomic mass is 10.1. The van der Waals surface area contributed by atoms with Gasteiger partial charge in [-0.2, -0.15) is 5.10 Å². The molecular weight excluding hydrogens is 240 g/mol. The molecule has 1 heterocycles. The lowest BCUT2D eigenvalue weighted by Gasteiger charge is -2.30. The van der Waals surface area contributed by atoms with Crippen molar-refractivity contribution in [2.75, 3.05) is 12.3 Å². The van der Waals surface area contributed by atoms with Crippen molar-refractivity contribution in [3.05, 3.63) is 11.4 Å². The number of nitrogens with one attached hydrogen (secondary N) is 1. The molecule has 3 N–H and O–H groups in total. The van der Waals surface area contributed by atoms with Crippen molar-refractivity contribution in [2.45, 2.75) is 52.5 Å². The van der Waals surface area contributed by atoms with Crippen LogP contribution in [0.3, 0.4) is 0 Å². The van der Waals surface area contributed by atoms with Crippen LogP contribution in [0.1, 0.15) is 55.7 Å². The van der Waals surface area contributed by atoms with E-state index in [9.17, 15) is 4.79 Å². The van der Waals surface area contributed by atoms with E-state index in [0.717, 1.165) is 25.1 Å². The number of aromatic nitrogens is 2. The summed E-state index contributed by atoms with van der Waals surface area (Å²) in [7, 11) is 0. The van der Waals surface area contributed by atoms with Crippen LogP contribution in [0, 0.1) is 12.8 Å². The Balaban J connectivity index is 2.21. The average Bonchev–Trinajstić information content (AvgIpc) is 2.97. The van der Waals surface area contributed by atoms with E-state index in [2.05, 4.69) is 24.0 Å². The van der Waals surface area contributed by atoms with Crippen molar-refractivity contribution in [1.29, 1.82) is 0 Å². The van der Waals surface area contributed by atoms with Gasteiger partial charge in [0, 0.05) is 12.6 Å². The third-order valence-corrected chi connectivity index (χ3v) is 3.79. The van der Waals surface area contributed by atoms with Crippen molar-refractivity contribution >= 4 is 11.6 Å². The highest BCUT2D eigenvalue weighted by atomic mass is 16.2. The second-order valence-corrected chi connectivity index (χ2v) is 5.90. The van der Waals surface area contributed by atoms with Crippen LogP contribution in [0.2, 0.25) is 0 Å². The van der Waals surface area contributed by atoms with Crippen LogP contribution in [0.4, 0.5) is 5.69 Å². The Morgan fingerprint density at radius 2 is 2.11 bits per heavy atom. The largest absolute Gasteiger partial charge is 0.395 e. The van der Waals surface area contributed by atoms with Crippen molar-refractivity contribution in [3.63, 3.8) is 0 Å². The maximum atomic E-state index is 12.7. The van der Waals surface area contributed by atoms with Crippen molar-refractivity contribution in [2.24, 2.45) is 5.92 Å². The van der Waals surface area contributed by atoms with Crippen LogP contribution in [-0.4, -0.2) is 33.6 Å². The zero-order valence-electron chi connectivity index (χ0n) is 12.1. The van der Waals surface area contributed by atoms with Crippen LogP contribution in [-0.2, 0) is 0 Å². The van der Waals surface area contributed by atoms with Gasteiger partial charge in [0.05, 0.1) is 11.4 Å². The Morgan fingerprint density at radius 3 is 2.58 bits per heavy atom. The molecule has 1 fully saturated rings. The third kappa shape index (κ3) is 2.91. The number of rotatable bonds is 4. The Labute approximate surface area is 114 Å². The van der Waals surface area contributed by atoms with Crippen molar-refractivity contribution in [3.8, 4) is 0 Å². The fourth-order valence-corrected chi connectivity index (χ4v) is 2.74. The quantitative estimate of drug-likeness (QED) is 0.876. The van der Waals surface area contributed by atoms with Gasteiger partial charge in [-0.3, -0.25) is 9.89 Å². The van der Waals surface area contributed by atoms with E-state index in [1.807, 2.05) is 11.8 Å². The summed E-state index contributed by atoms with van der Waals surface area (Å²) in [5.74, 6) is 0.424. The highest BCUT2D eigenvalue weighted by Gasteiger charge is 2.30. The smallest absolute Gasteiger partial charge is 0.276 e. The number of nitrogens with two attached hydrogens (primary N) is 1. The molecular formula is C14H24N4O. The van der Waals surface area contributed by atoms with Gasteiger partial charge in [-0.25, -0.2) is 0 Å². The number of aryl methyl sites for hydroxylation is 1. The summed E-state index contributed by atoms with van der Waals surface area (Å²) >= 11 is 0. The zero-order valence-corrected chi connectivity index (χ0v) is 12.1. The number of aromatic amines is 1. The highest BCUT2D eigenvalue weighted by Crippen LogP contribution is 2.26. The summed E-state index contributed by atoms with van der Waals surface area (Å²) in [6, 6.07) is 0.353. The number of hydrogen-bond acceptors (Lipinski definition) is 3. The molecule has 0 spiro atoms. The molecule has 0 atom stereocenters. The predicted octanol–water partition coefficient (Wildman–Crippen LogP) is 2.34. The number of nitrogen functional groups attached to an aromatic ring is 1. The van der Waals surface area contributed by atoms with E-state index in [0.29, 0.717) is 23.3 Å². The summed E-state index contributed by atoms with van der Waals surface area (Å²) < 4.78 is 0. The topological polar surface area (TPSA) is 75.0 Å². The molecule has 0 unspecified atom stereocenters. The second-order valence-electron chi connectivity index (χ2n) is 5.90. The molecule has 1 aromatic rings. The van der Waals surface area contributed by atoms with Gasteiger partial charge in [-0.05, 0) is 25.7 Å². The second kappa shape index (κ2) is 5.63. The molecule has 1 saturated carbocycles. The van der Waals surface area contributed by atoms with E-state index >= 15 is 0 Å². The number of hydrogen-bond donors (Lipinski definition) is 2. The first kappa shape index (κ1) is 13.9. The summed E-state index contributed by atoms with van der Waals surface area (Å²) in [6.07, 6.45) is 4.62. The molecule has 2 rings (SSSR count). The molecule has 1 amide bonds. The van der Waals surface area contributed by atoms with Crippen LogP contribution < -0.4 is 5.73 Å². The fourth-order valence-electron chi connectivity index (χ4n) is 2.74. The van der Waals surface area contributed by atoms with Gasteiger partial charge in [0.15, 0.2) is 5.69 Å². The predicted molar refractivity (Wildman–Crippen MR) is 75.9 cm³/mol. The van der Waals surface area contributed by atoms with E-state index in [4.69, 9.17) is 5.73 Å². The van der Waals surface area contributed by atoms with Gasteiger partial charge in [-0.1, -0.05) is 26.7 Å². The van der Waals surface area contributed by atoms with Crippen molar-refractivity contribution < 1.29 is 4.79 Å². The summed E-state index contributed by atoms with van der Waals surface area (Å²) in [6.45, 7) is 6.87. The van der Waals surface area contributed by atoms with Gasteiger partial charge >= 0.3 is 0 Å². The fraction of sp³-hybridized carbons (Fsp3) is 0.714. The lowest BCUT2D eigenvalue weighted by molar-refractivity contribution is 0.0650. The Kier molecular flexibility index (Phi) is 4.12. The molecule has 1 aliphatic rings. The van der Waals surface area contributed by atoms with E-state index in [1.54, 1.807) is 0 Å². The minimum absolute atomic E-state index is 0.0255. The molecule has 0 aromatic carbocycles. The lowest BCUT2D eigenvalue weighted by Crippen LogP contribution is -2.41. The Hall–Kier alpha value is -1.52. The summed E-state index contributed by atoms with van der Waals surface area (Å²) in [5, 5.41) is 6.87. The van der Waals surface area contributed by atoms with Crippen LogP contribution in [0.25, 0.3) is 0 Å². The maximum Gasteiger partial charge on any atom is 0.276 e. The number of carbonyl (C=O) groups excluding carboxylic acids is 1. The number of anilines is 1. The number of amides is 1. The standard InChI is InChI=1S/C14H24N4O/c1-9(2)8-18(11-6-4-5-7-11)14(19)13-12(15)10(3)16-17-13/h9,11H,4-8,15H2,1-3H3,(H,16,17). The minimum atomic E-state index is -0.0255. The van der Waals surface area contributed by atoms with E-state index < -0.39 is 0 Å². The van der Waals surface area contributed by atoms with Gasteiger partial charge in [0.1, 0.15) is 0 Å². The van der Waals surface area contributed by atoms with Gasteiger partial charge in [0.25, 0.3) is 5.91 Å². The highest BCUT2D eigenvalue weighted by molar-refractivity contribution is 5.97. The first-order chi connectivity index (χ1) is 9.00. The maximum absolute atomic E-state index is 12.7. The summed E-state index contributed by atoms with van der Waals surface area (Å²) in [4.78, 5) is 14.6. The molecule has 0 aliphatic heterocycles. The van der Waals surface area contributed by atoms with E-state index in [-0.39, 0.29) is 5.91 Å². The molecule has 1 aliphatic carbocycles. The minimum Gasteiger partial charge on any atom is -0.395 e. The first-order valence-corrected chi connectivity index (χ1v) is 7.12. The molecule has 5 heteroatoms. The molecule has 1 aromatic heterocycles. The average molecular weight is 264 g/mol. The first-order valence-electron chi connectivity index (χ1n) is 7.12. The Bertz CT molecular complexity index is 446. The molecule has 0 bridgehead atoms. The monoisotopic (exact) mass is 264 g/mol. The van der Waals surface area contributed by atoms with Crippen LogP contribution in [0.15, 0.2) is 0 Å². The molecule has 0 saturated heterocycles. The normalized spacial score (nSPS) is 16.2. The number of H-pyrrole nitrogens is 1. The zero-order chi connectivity index (χ0) is 14.0. The molecule has 106 valence electrons. The number of nitrogens with zero attached hydrogens (tertiary/aromatic N) is 2. The van der Waals surface area contributed by atoms with Gasteiger partial charge in [0.2, 0.25) is 0 Å². The summed E-state index contributed by atoms with van der Waals surface area (Å²) in [5.41, 5.74) is 7.56. The number of carbonyl (C=O) groups is 1. The van der Waals surface area contributed by atoms with Crippen molar-refractivity contribution in [1.82, 2.24) is 15.1 Å². The van der Waals surface area contributed by atoms with Crippen LogP contribution in [0.5, 0.6) is 0 Å². The Morgan fingerprint density at radius 1 is 1.47 bits per heavy atom. The molecule has 19 heavy (non-hydrogen) atoms. The van der Waals surface area contributed by atoms with Gasteiger partial charge < -0.3 is 10.6 Å². The molecule has 5 nitrogen and oxygen atoms in total. The van der Waals surface area contributed by atoms with E-state index in [1.165, 1.54) is 12.8 Å². The SMILES string of the molecule is Cc1[nH]nc(C(=O)N(CC(C)C)C2CCCC2)c1N. The van der Waals surface area contributed by atoms with Gasteiger partial charge in [-0.15, -0.1) is 0 Å². The molecule has 0 radical (unpaired) electrons. The van der Waals surface area contributed by atoms with Crippen LogP contribution >= 0.6 is 0 Å².